The molecule has 0 fully saturated rings. The Labute approximate surface area is 110 Å². The third-order valence-corrected chi connectivity index (χ3v) is 2.57. The van der Waals surface area contributed by atoms with Crippen molar-refractivity contribution in [2.45, 2.75) is 32.4 Å². The minimum absolute atomic E-state index is 0.0372. The molecule has 1 aromatic carbocycles. The van der Waals surface area contributed by atoms with E-state index in [4.69, 9.17) is 15.6 Å². The lowest BCUT2D eigenvalue weighted by atomic mass is 10.1. The molecule has 0 aromatic heterocycles. The number of carboxylic acids is 1. The van der Waals surface area contributed by atoms with Crippen molar-refractivity contribution >= 4 is 11.7 Å². The summed E-state index contributed by atoms with van der Waals surface area (Å²) in [6.45, 7) is 1.88. The summed E-state index contributed by atoms with van der Waals surface area (Å²) < 4.78 is 5.37. The first-order chi connectivity index (χ1) is 8.99. The van der Waals surface area contributed by atoms with Gasteiger partial charge in [-0.1, -0.05) is 13.3 Å². The Kier molecular flexibility index (Phi) is 5.25. The van der Waals surface area contributed by atoms with Crippen molar-refractivity contribution in [2.75, 3.05) is 0 Å². The zero-order valence-corrected chi connectivity index (χ0v) is 10.5. The molecule has 19 heavy (non-hydrogen) atoms. The molecule has 0 spiro atoms. The van der Waals surface area contributed by atoms with Gasteiger partial charge in [-0.2, -0.15) is 0 Å². The van der Waals surface area contributed by atoms with E-state index in [2.05, 4.69) is 0 Å². The van der Waals surface area contributed by atoms with Gasteiger partial charge in [0.15, 0.2) is 6.10 Å². The van der Waals surface area contributed by atoms with Gasteiger partial charge >= 0.3 is 5.97 Å². The van der Waals surface area contributed by atoms with Gasteiger partial charge < -0.3 is 15.6 Å². The van der Waals surface area contributed by atoms with E-state index in [1.165, 1.54) is 18.2 Å². The molecule has 0 amide bonds. The van der Waals surface area contributed by atoms with E-state index in [9.17, 15) is 14.9 Å². The lowest BCUT2D eigenvalue weighted by Gasteiger charge is -2.16. The number of carboxylic acid groups (broad SMARTS) is 1. The molecule has 0 bridgehead atoms. The zero-order chi connectivity index (χ0) is 14.4. The summed E-state index contributed by atoms with van der Waals surface area (Å²) in [5.41, 5.74) is 5.81. The smallest absolute Gasteiger partial charge is 0.344 e. The maximum Gasteiger partial charge on any atom is 0.344 e. The molecule has 7 nitrogen and oxygen atoms in total. The van der Waals surface area contributed by atoms with E-state index in [-0.39, 0.29) is 18.0 Å². The molecule has 104 valence electrons. The number of non-ortho nitro benzene ring substituents is 1. The number of nitro benzene ring substituents is 1. The van der Waals surface area contributed by atoms with E-state index in [0.29, 0.717) is 18.4 Å². The number of ether oxygens (including phenoxy) is 1. The van der Waals surface area contributed by atoms with Crippen LogP contribution in [0.3, 0.4) is 0 Å². The van der Waals surface area contributed by atoms with Gasteiger partial charge in [-0.15, -0.1) is 0 Å². The maximum atomic E-state index is 11.0. The van der Waals surface area contributed by atoms with E-state index >= 15 is 0 Å². The molecule has 0 radical (unpaired) electrons. The number of hydrogen-bond donors (Lipinski definition) is 2. The zero-order valence-electron chi connectivity index (χ0n) is 10.5. The van der Waals surface area contributed by atoms with E-state index in [0.717, 1.165) is 0 Å². The second-order valence-electron chi connectivity index (χ2n) is 3.99. The summed E-state index contributed by atoms with van der Waals surface area (Å²) in [4.78, 5) is 21.1. The van der Waals surface area contributed by atoms with Crippen LogP contribution < -0.4 is 10.5 Å². The summed E-state index contributed by atoms with van der Waals surface area (Å²) in [5, 5.41) is 19.7. The molecule has 0 saturated heterocycles. The molecule has 3 N–H and O–H groups in total. The fraction of sp³-hybridized carbons (Fsp3) is 0.417. The largest absolute Gasteiger partial charge is 0.479 e. The van der Waals surface area contributed by atoms with Crippen molar-refractivity contribution in [3.05, 3.63) is 33.9 Å². The Bertz CT molecular complexity index is 475. The minimum atomic E-state index is -1.07. The van der Waals surface area contributed by atoms with Crippen LogP contribution in [0.1, 0.15) is 25.3 Å². The van der Waals surface area contributed by atoms with Gasteiger partial charge in [-0.3, -0.25) is 10.1 Å². The van der Waals surface area contributed by atoms with Crippen LogP contribution in [0.25, 0.3) is 0 Å². The molecular formula is C12H16N2O5. The molecule has 0 aliphatic heterocycles. The first-order valence-corrected chi connectivity index (χ1v) is 5.86. The summed E-state index contributed by atoms with van der Waals surface area (Å²) in [6, 6.07) is 3.94. The highest BCUT2D eigenvalue weighted by atomic mass is 16.6. The van der Waals surface area contributed by atoms with Crippen LogP contribution in [0.4, 0.5) is 5.69 Å². The monoisotopic (exact) mass is 268 g/mol. The molecule has 7 heteroatoms. The van der Waals surface area contributed by atoms with Crippen molar-refractivity contribution < 1.29 is 19.6 Å². The summed E-state index contributed by atoms with van der Waals surface area (Å²) in [5.74, 6) is -0.794. The van der Waals surface area contributed by atoms with Gasteiger partial charge in [0.05, 0.1) is 4.92 Å². The molecule has 0 aliphatic carbocycles. The standard InChI is InChI=1S/C12H16N2O5/c1-2-3-11(12(15)16)19-10-5-4-9(14(17)18)6-8(10)7-13/h4-6,11H,2-3,7,13H2,1H3,(H,15,16). The summed E-state index contributed by atoms with van der Waals surface area (Å²) >= 11 is 0. The second kappa shape index (κ2) is 6.69. The minimum Gasteiger partial charge on any atom is -0.479 e. The third-order valence-electron chi connectivity index (χ3n) is 2.57. The predicted molar refractivity (Wildman–Crippen MR) is 67.9 cm³/mol. The Morgan fingerprint density at radius 2 is 2.26 bits per heavy atom. The number of benzene rings is 1. The van der Waals surface area contributed by atoms with Crippen molar-refractivity contribution in [3.8, 4) is 5.75 Å². The summed E-state index contributed by atoms with van der Waals surface area (Å²) in [7, 11) is 0. The van der Waals surface area contributed by atoms with E-state index < -0.39 is 17.0 Å². The van der Waals surface area contributed by atoms with Crippen molar-refractivity contribution in [2.24, 2.45) is 5.73 Å². The van der Waals surface area contributed by atoms with Gasteiger partial charge in [0.1, 0.15) is 5.75 Å². The fourth-order valence-electron chi connectivity index (χ4n) is 1.60. The van der Waals surface area contributed by atoms with Crippen LogP contribution in [0.5, 0.6) is 5.75 Å². The highest BCUT2D eigenvalue weighted by molar-refractivity contribution is 5.72. The van der Waals surface area contributed by atoms with Crippen LogP contribution >= 0.6 is 0 Å². The molecule has 0 saturated carbocycles. The number of nitrogens with zero attached hydrogens (tertiary/aromatic N) is 1. The number of carbonyl (C=O) groups is 1. The van der Waals surface area contributed by atoms with E-state index in [1.807, 2.05) is 6.92 Å². The molecular weight excluding hydrogens is 252 g/mol. The number of rotatable bonds is 7. The Hall–Kier alpha value is -2.15. The van der Waals surface area contributed by atoms with Crippen LogP contribution in [-0.4, -0.2) is 22.1 Å². The second-order valence-corrected chi connectivity index (χ2v) is 3.99. The number of aliphatic carboxylic acids is 1. The Morgan fingerprint density at radius 1 is 1.58 bits per heavy atom. The Morgan fingerprint density at radius 3 is 2.74 bits per heavy atom. The highest BCUT2D eigenvalue weighted by Gasteiger charge is 2.20. The molecule has 1 unspecified atom stereocenters. The number of nitro groups is 1. The maximum absolute atomic E-state index is 11.0. The van der Waals surface area contributed by atoms with Crippen molar-refractivity contribution in [1.82, 2.24) is 0 Å². The molecule has 1 atom stereocenters. The van der Waals surface area contributed by atoms with Gasteiger partial charge in [0.2, 0.25) is 0 Å². The van der Waals surface area contributed by atoms with Gasteiger partial charge in [-0.05, 0) is 12.5 Å². The first kappa shape index (κ1) is 14.9. The van der Waals surface area contributed by atoms with Crippen LogP contribution in [-0.2, 0) is 11.3 Å². The Balaban J connectivity index is 2.99. The average Bonchev–Trinajstić information content (AvgIpc) is 2.38. The quantitative estimate of drug-likeness (QED) is 0.574. The first-order valence-electron chi connectivity index (χ1n) is 5.86. The van der Waals surface area contributed by atoms with Crippen LogP contribution in [0, 0.1) is 10.1 Å². The normalized spacial score (nSPS) is 11.9. The topological polar surface area (TPSA) is 116 Å². The summed E-state index contributed by atoms with van der Waals surface area (Å²) in [6.07, 6.45) is 0.0369. The van der Waals surface area contributed by atoms with Crippen LogP contribution in [0.15, 0.2) is 18.2 Å². The lowest BCUT2D eigenvalue weighted by Crippen LogP contribution is -2.27. The average molecular weight is 268 g/mol. The van der Waals surface area contributed by atoms with Gasteiger partial charge in [-0.25, -0.2) is 4.79 Å². The van der Waals surface area contributed by atoms with Crippen molar-refractivity contribution in [1.29, 1.82) is 0 Å². The molecule has 1 rings (SSSR count). The lowest BCUT2D eigenvalue weighted by molar-refractivity contribution is -0.384. The van der Waals surface area contributed by atoms with Crippen LogP contribution in [0.2, 0.25) is 0 Å². The molecule has 0 aliphatic rings. The number of nitrogens with two attached hydrogens (primary N) is 1. The third kappa shape index (κ3) is 3.92. The molecule has 1 aromatic rings. The molecule has 0 heterocycles. The SMILES string of the molecule is CCCC(Oc1ccc([N+](=O)[O-])cc1CN)C(=O)O. The predicted octanol–water partition coefficient (Wildman–Crippen LogP) is 1.69. The van der Waals surface area contributed by atoms with Gasteiger partial charge in [0.25, 0.3) is 5.69 Å². The fourth-order valence-corrected chi connectivity index (χ4v) is 1.60. The number of hydrogen-bond acceptors (Lipinski definition) is 5. The van der Waals surface area contributed by atoms with Gasteiger partial charge in [0, 0.05) is 24.2 Å². The van der Waals surface area contributed by atoms with E-state index in [1.54, 1.807) is 0 Å². The van der Waals surface area contributed by atoms with Crippen molar-refractivity contribution in [3.63, 3.8) is 0 Å². The highest BCUT2D eigenvalue weighted by Crippen LogP contribution is 2.25.